The highest BCUT2D eigenvalue weighted by molar-refractivity contribution is 7.71. The number of aromatic nitrogens is 4. The molecule has 31 heavy (non-hydrogen) atoms. The van der Waals surface area contributed by atoms with E-state index in [4.69, 9.17) is 28.9 Å². The van der Waals surface area contributed by atoms with Crippen molar-refractivity contribution in [1.82, 2.24) is 19.3 Å². The average Bonchev–Trinajstić information content (AvgIpc) is 3.15. The summed E-state index contributed by atoms with van der Waals surface area (Å²) in [6.45, 7) is 9.28. The zero-order valence-corrected chi connectivity index (χ0v) is 19.9. The van der Waals surface area contributed by atoms with Crippen LogP contribution in [0.2, 0.25) is 5.02 Å². The molecule has 0 amide bonds. The molecule has 2 aliphatic rings. The van der Waals surface area contributed by atoms with Crippen molar-refractivity contribution in [1.29, 1.82) is 0 Å². The quantitative estimate of drug-likeness (QED) is 0.587. The summed E-state index contributed by atoms with van der Waals surface area (Å²) >= 11 is 12.1. The van der Waals surface area contributed by atoms with Gasteiger partial charge in [-0.3, -0.25) is 9.55 Å². The number of halogens is 1. The normalized spacial score (nSPS) is 26.8. The van der Waals surface area contributed by atoms with Gasteiger partial charge in [0, 0.05) is 41.2 Å². The molecule has 5 nitrogen and oxygen atoms in total. The molecular formula is C24H29ClN5S+. The summed E-state index contributed by atoms with van der Waals surface area (Å²) in [6, 6.07) is 12.4. The van der Waals surface area contributed by atoms with E-state index in [1.54, 1.807) is 17.3 Å². The van der Waals surface area contributed by atoms with E-state index in [2.05, 4.69) is 25.8 Å². The fourth-order valence-corrected chi connectivity index (χ4v) is 6.57. The fraction of sp³-hybridized carbons (Fsp3) is 0.458. The van der Waals surface area contributed by atoms with Crippen LogP contribution in [0, 0.1) is 15.6 Å². The lowest BCUT2D eigenvalue weighted by molar-refractivity contribution is -0.937. The van der Waals surface area contributed by atoms with Crippen molar-refractivity contribution in [3.63, 3.8) is 0 Å². The highest BCUT2D eigenvalue weighted by Crippen LogP contribution is 2.47. The Morgan fingerprint density at radius 3 is 2.52 bits per heavy atom. The molecular weight excluding hydrogens is 426 g/mol. The highest BCUT2D eigenvalue weighted by atomic mass is 35.5. The van der Waals surface area contributed by atoms with Gasteiger partial charge in [0.2, 0.25) is 4.77 Å². The number of likely N-dealkylation sites (tertiary alicyclic amines) is 1. The fourth-order valence-electron chi connectivity index (χ4n) is 6.15. The van der Waals surface area contributed by atoms with Gasteiger partial charge in [0.1, 0.15) is 0 Å². The second kappa shape index (κ2) is 7.54. The molecule has 1 aliphatic carbocycles. The molecule has 1 aromatic carbocycles. The van der Waals surface area contributed by atoms with Crippen molar-refractivity contribution in [3.05, 3.63) is 58.6 Å². The largest absolute Gasteiger partial charge is 0.313 e. The maximum atomic E-state index is 6.13. The monoisotopic (exact) mass is 454 g/mol. The molecule has 2 bridgehead atoms. The van der Waals surface area contributed by atoms with Gasteiger partial charge in [0.15, 0.2) is 12.5 Å². The number of hydrogen-bond acceptors (Lipinski definition) is 3. The van der Waals surface area contributed by atoms with Crippen LogP contribution >= 0.6 is 23.8 Å². The van der Waals surface area contributed by atoms with Gasteiger partial charge in [-0.2, -0.15) is 4.68 Å². The molecule has 3 atom stereocenters. The summed E-state index contributed by atoms with van der Waals surface area (Å²) < 4.78 is 4.79. The van der Waals surface area contributed by atoms with Crippen LogP contribution in [0.25, 0.3) is 17.1 Å². The van der Waals surface area contributed by atoms with E-state index >= 15 is 0 Å². The molecule has 5 rings (SSSR count). The first-order valence-electron chi connectivity index (χ1n) is 10.9. The Hall–Kier alpha value is -2.02. The van der Waals surface area contributed by atoms with Crippen LogP contribution in [0.4, 0.5) is 0 Å². The van der Waals surface area contributed by atoms with Gasteiger partial charge < -0.3 is 4.90 Å². The Balaban J connectivity index is 1.55. The van der Waals surface area contributed by atoms with E-state index in [0.717, 1.165) is 23.7 Å². The molecule has 162 valence electrons. The van der Waals surface area contributed by atoms with Gasteiger partial charge in [-0.15, -0.1) is 5.10 Å². The number of quaternary nitrogens is 1. The maximum absolute atomic E-state index is 6.13. The third-order valence-electron chi connectivity index (χ3n) is 6.89. The smallest absolute Gasteiger partial charge is 0.207 e. The standard InChI is InChI=1S/C24H28ClN5S/c1-23(2)12-20-13-24(3,14-23)15-28(20)16-29-22(31)30(19-6-4-18(25)5-7-19)21(27-29)17-8-10-26-11-9-17/h4-11,20H,12-16H2,1-3H3/p+1/t20-,24-/m1/s1. The van der Waals surface area contributed by atoms with Crippen molar-refractivity contribution in [3.8, 4) is 17.1 Å². The van der Waals surface area contributed by atoms with Crippen LogP contribution in [0.1, 0.15) is 40.0 Å². The summed E-state index contributed by atoms with van der Waals surface area (Å²) in [5.74, 6) is 0.836. The average molecular weight is 455 g/mol. The minimum Gasteiger partial charge on any atom is -0.313 e. The van der Waals surface area contributed by atoms with Gasteiger partial charge in [-0.1, -0.05) is 32.4 Å². The second-order valence-corrected chi connectivity index (χ2v) is 11.2. The maximum Gasteiger partial charge on any atom is 0.207 e. The number of nitrogens with one attached hydrogen (secondary N) is 1. The van der Waals surface area contributed by atoms with Crippen LogP contribution in [0.15, 0.2) is 48.8 Å². The van der Waals surface area contributed by atoms with Gasteiger partial charge >= 0.3 is 0 Å². The Kier molecular flexibility index (Phi) is 5.07. The third-order valence-corrected chi connectivity index (χ3v) is 7.54. The zero-order chi connectivity index (χ0) is 21.8. The zero-order valence-electron chi connectivity index (χ0n) is 18.3. The molecule has 1 saturated carbocycles. The van der Waals surface area contributed by atoms with E-state index in [1.807, 2.05) is 45.6 Å². The number of pyridine rings is 1. The van der Waals surface area contributed by atoms with Crippen molar-refractivity contribution in [2.75, 3.05) is 6.54 Å². The lowest BCUT2D eigenvalue weighted by atomic mass is 9.65. The molecule has 1 saturated heterocycles. The van der Waals surface area contributed by atoms with E-state index in [-0.39, 0.29) is 0 Å². The number of hydrogen-bond donors (Lipinski definition) is 1. The Morgan fingerprint density at radius 2 is 1.81 bits per heavy atom. The molecule has 2 aromatic heterocycles. The van der Waals surface area contributed by atoms with Crippen LogP contribution < -0.4 is 4.90 Å². The molecule has 0 radical (unpaired) electrons. The summed E-state index contributed by atoms with van der Waals surface area (Å²) in [5.41, 5.74) is 2.79. The predicted molar refractivity (Wildman–Crippen MR) is 126 cm³/mol. The molecule has 2 fully saturated rings. The lowest BCUT2D eigenvalue weighted by Crippen LogP contribution is -3.13. The lowest BCUT2D eigenvalue weighted by Gasteiger charge is -2.37. The van der Waals surface area contributed by atoms with Gasteiger partial charge in [0.05, 0.1) is 18.3 Å². The molecule has 1 aliphatic heterocycles. The van der Waals surface area contributed by atoms with Crippen molar-refractivity contribution in [2.24, 2.45) is 10.8 Å². The third kappa shape index (κ3) is 3.97. The highest BCUT2D eigenvalue weighted by Gasteiger charge is 2.52. The minimum absolute atomic E-state index is 0.408. The topological polar surface area (TPSA) is 40.1 Å². The number of benzene rings is 1. The molecule has 3 aromatic rings. The summed E-state index contributed by atoms with van der Waals surface area (Å²) in [4.78, 5) is 5.77. The van der Waals surface area contributed by atoms with Crippen LogP contribution in [-0.4, -0.2) is 31.9 Å². The van der Waals surface area contributed by atoms with Gasteiger partial charge in [-0.05, 0) is 60.5 Å². The molecule has 1 unspecified atom stereocenters. The summed E-state index contributed by atoms with van der Waals surface area (Å²) in [6.07, 6.45) is 7.45. The van der Waals surface area contributed by atoms with Crippen molar-refractivity contribution >= 4 is 23.8 Å². The van der Waals surface area contributed by atoms with E-state index < -0.39 is 0 Å². The van der Waals surface area contributed by atoms with Crippen LogP contribution in [-0.2, 0) is 6.67 Å². The minimum atomic E-state index is 0.408. The van der Waals surface area contributed by atoms with Crippen molar-refractivity contribution < 1.29 is 4.90 Å². The first kappa shape index (κ1) is 20.9. The molecule has 1 N–H and O–H groups in total. The SMILES string of the molecule is CC1(C)C[C@@H]2C[C@@](C)(C[NH+]2Cn2nc(-c3ccncc3)n(-c3ccc(Cl)cc3)c2=S)C1. The van der Waals surface area contributed by atoms with Gasteiger partial charge in [0.25, 0.3) is 0 Å². The predicted octanol–water partition coefficient (Wildman–Crippen LogP) is 4.56. The molecule has 0 spiro atoms. The molecule has 7 heteroatoms. The second-order valence-electron chi connectivity index (χ2n) is 10.4. The summed E-state index contributed by atoms with van der Waals surface area (Å²) in [7, 11) is 0. The first-order valence-corrected chi connectivity index (χ1v) is 11.7. The van der Waals surface area contributed by atoms with Gasteiger partial charge in [-0.25, -0.2) is 0 Å². The molecule has 3 heterocycles. The van der Waals surface area contributed by atoms with Crippen LogP contribution in [0.5, 0.6) is 0 Å². The van der Waals surface area contributed by atoms with Crippen molar-refractivity contribution in [2.45, 2.75) is 52.7 Å². The summed E-state index contributed by atoms with van der Waals surface area (Å²) in [5, 5.41) is 5.72. The number of fused-ring (bicyclic) bond motifs is 2. The first-order chi connectivity index (χ1) is 14.7. The van der Waals surface area contributed by atoms with Crippen LogP contribution in [0.3, 0.4) is 0 Å². The van der Waals surface area contributed by atoms with E-state index in [0.29, 0.717) is 26.7 Å². The number of rotatable bonds is 4. The number of nitrogens with zero attached hydrogens (tertiary/aromatic N) is 4. The Bertz CT molecular complexity index is 1150. The van der Waals surface area contributed by atoms with E-state index in [1.165, 1.54) is 25.8 Å². The van der Waals surface area contributed by atoms with E-state index in [9.17, 15) is 0 Å². The Labute approximate surface area is 193 Å². The Morgan fingerprint density at radius 1 is 1.10 bits per heavy atom.